The van der Waals surface area contributed by atoms with Crippen LogP contribution in [0.15, 0.2) is 48.7 Å². The van der Waals surface area contributed by atoms with Crippen LogP contribution in [0.1, 0.15) is 23.0 Å². The molecule has 0 saturated heterocycles. The van der Waals surface area contributed by atoms with Crippen LogP contribution < -0.4 is 10.6 Å². The maximum Gasteiger partial charge on any atom is 0.259 e. The van der Waals surface area contributed by atoms with E-state index in [1.165, 1.54) is 13.1 Å². The van der Waals surface area contributed by atoms with Gasteiger partial charge in [0, 0.05) is 17.0 Å². The van der Waals surface area contributed by atoms with Gasteiger partial charge in [-0.25, -0.2) is 4.68 Å². The van der Waals surface area contributed by atoms with Gasteiger partial charge in [-0.3, -0.25) is 9.59 Å². The molecule has 2 aromatic carbocycles. The number of aromatic nitrogens is 2. The third-order valence-corrected chi connectivity index (χ3v) is 4.32. The third kappa shape index (κ3) is 4.30. The topological polar surface area (TPSA) is 76.0 Å². The zero-order valence-electron chi connectivity index (χ0n) is 14.6. The van der Waals surface area contributed by atoms with E-state index in [0.717, 1.165) is 5.69 Å². The number of benzene rings is 2. The van der Waals surface area contributed by atoms with Crippen LogP contribution in [0, 0.1) is 6.92 Å². The summed E-state index contributed by atoms with van der Waals surface area (Å²) in [6.07, 6.45) is 1.48. The maximum atomic E-state index is 12.7. The van der Waals surface area contributed by atoms with E-state index in [0.29, 0.717) is 32.7 Å². The fourth-order valence-corrected chi connectivity index (χ4v) is 2.97. The van der Waals surface area contributed by atoms with Crippen molar-refractivity contribution in [2.24, 2.45) is 0 Å². The van der Waals surface area contributed by atoms with E-state index in [9.17, 15) is 9.59 Å². The number of hydrogen-bond donors (Lipinski definition) is 2. The predicted molar refractivity (Wildman–Crippen MR) is 107 cm³/mol. The summed E-state index contributed by atoms with van der Waals surface area (Å²) in [5.41, 5.74) is 2.65. The van der Waals surface area contributed by atoms with Crippen molar-refractivity contribution in [3.05, 3.63) is 70.0 Å². The van der Waals surface area contributed by atoms with Crippen molar-refractivity contribution < 1.29 is 9.59 Å². The average molecular weight is 403 g/mol. The zero-order chi connectivity index (χ0) is 19.6. The monoisotopic (exact) mass is 402 g/mol. The summed E-state index contributed by atoms with van der Waals surface area (Å²) in [5, 5.41) is 10.7. The number of nitrogens with one attached hydrogen (secondary N) is 2. The van der Waals surface area contributed by atoms with Gasteiger partial charge in [0.1, 0.15) is 0 Å². The third-order valence-electron chi connectivity index (χ3n) is 3.85. The number of nitrogens with zero attached hydrogens (tertiary/aromatic N) is 2. The Bertz CT molecular complexity index is 1030. The van der Waals surface area contributed by atoms with E-state index in [-0.39, 0.29) is 11.8 Å². The molecule has 0 unspecified atom stereocenters. The Morgan fingerprint density at radius 1 is 1.00 bits per heavy atom. The van der Waals surface area contributed by atoms with Gasteiger partial charge in [-0.1, -0.05) is 29.3 Å². The highest BCUT2D eigenvalue weighted by Crippen LogP contribution is 2.27. The Morgan fingerprint density at radius 2 is 1.74 bits per heavy atom. The van der Waals surface area contributed by atoms with Crippen molar-refractivity contribution in [3.63, 3.8) is 0 Å². The summed E-state index contributed by atoms with van der Waals surface area (Å²) in [4.78, 5) is 24.1. The van der Waals surface area contributed by atoms with Crippen molar-refractivity contribution in [2.75, 3.05) is 10.6 Å². The smallest absolute Gasteiger partial charge is 0.259 e. The van der Waals surface area contributed by atoms with Gasteiger partial charge in [0.05, 0.1) is 34.5 Å². The van der Waals surface area contributed by atoms with Crippen LogP contribution in [0.25, 0.3) is 5.69 Å². The van der Waals surface area contributed by atoms with Crippen molar-refractivity contribution in [2.45, 2.75) is 13.8 Å². The zero-order valence-corrected chi connectivity index (χ0v) is 16.1. The number of rotatable bonds is 4. The van der Waals surface area contributed by atoms with Gasteiger partial charge < -0.3 is 10.6 Å². The van der Waals surface area contributed by atoms with Crippen LogP contribution in [0.4, 0.5) is 11.4 Å². The summed E-state index contributed by atoms with van der Waals surface area (Å²) in [6.45, 7) is 3.18. The molecule has 0 radical (unpaired) electrons. The molecular weight excluding hydrogens is 387 g/mol. The Morgan fingerprint density at radius 3 is 2.44 bits per heavy atom. The second kappa shape index (κ2) is 7.82. The number of carbonyl (C=O) groups excluding carboxylic acids is 2. The molecule has 3 aromatic rings. The lowest BCUT2D eigenvalue weighted by Crippen LogP contribution is -2.16. The van der Waals surface area contributed by atoms with Gasteiger partial charge in [0.25, 0.3) is 5.91 Å². The van der Waals surface area contributed by atoms with E-state index >= 15 is 0 Å². The number of anilines is 2. The van der Waals surface area contributed by atoms with Gasteiger partial charge in [0.15, 0.2) is 0 Å². The normalized spacial score (nSPS) is 10.5. The van der Waals surface area contributed by atoms with Gasteiger partial charge in [-0.2, -0.15) is 5.10 Å². The largest absolute Gasteiger partial charge is 0.325 e. The minimum Gasteiger partial charge on any atom is -0.325 e. The lowest BCUT2D eigenvalue weighted by Gasteiger charge is -2.12. The van der Waals surface area contributed by atoms with Gasteiger partial charge >= 0.3 is 0 Å². The molecular formula is C19H16Cl2N4O2. The van der Waals surface area contributed by atoms with E-state index in [1.807, 2.05) is 12.1 Å². The van der Waals surface area contributed by atoms with Crippen molar-refractivity contribution >= 4 is 46.4 Å². The maximum absolute atomic E-state index is 12.7. The standard InChI is InChI=1S/C19H16Cl2N4O2/c1-11-16(10-22-25(11)15-5-3-4-13(20)8-15)19(27)24-18-9-14(21)6-7-17(18)23-12(2)26/h3-10H,1-2H3,(H,23,26)(H,24,27). The lowest BCUT2D eigenvalue weighted by atomic mass is 10.2. The molecule has 1 heterocycles. The van der Waals surface area contributed by atoms with Gasteiger partial charge in [-0.15, -0.1) is 0 Å². The summed E-state index contributed by atoms with van der Waals surface area (Å²) in [5.74, 6) is -0.618. The quantitative estimate of drug-likeness (QED) is 0.663. The molecule has 1 aromatic heterocycles. The van der Waals surface area contributed by atoms with Crippen LogP contribution in [-0.2, 0) is 4.79 Å². The molecule has 0 bridgehead atoms. The Balaban J connectivity index is 1.90. The second-order valence-electron chi connectivity index (χ2n) is 5.86. The summed E-state index contributed by atoms with van der Waals surface area (Å²) in [6, 6.07) is 12.0. The minimum absolute atomic E-state index is 0.252. The second-order valence-corrected chi connectivity index (χ2v) is 6.73. The summed E-state index contributed by atoms with van der Waals surface area (Å²) in [7, 11) is 0. The van der Waals surface area contributed by atoms with Crippen molar-refractivity contribution in [1.82, 2.24) is 9.78 Å². The Kier molecular flexibility index (Phi) is 5.48. The molecule has 0 spiro atoms. The number of carbonyl (C=O) groups is 2. The number of hydrogen-bond acceptors (Lipinski definition) is 3. The molecule has 0 aliphatic carbocycles. The van der Waals surface area contributed by atoms with Crippen LogP contribution in [0.2, 0.25) is 10.0 Å². The highest BCUT2D eigenvalue weighted by Gasteiger charge is 2.17. The minimum atomic E-state index is -0.366. The Hall–Kier alpha value is -2.83. The molecule has 0 aliphatic rings. The van der Waals surface area contributed by atoms with Crippen LogP contribution in [0.5, 0.6) is 0 Å². The Labute approximate surface area is 166 Å². The fraction of sp³-hybridized carbons (Fsp3) is 0.105. The van der Waals surface area contributed by atoms with E-state index < -0.39 is 0 Å². The van der Waals surface area contributed by atoms with Gasteiger partial charge in [-0.05, 0) is 43.3 Å². The fourth-order valence-electron chi connectivity index (χ4n) is 2.61. The van der Waals surface area contributed by atoms with Crippen LogP contribution in [-0.4, -0.2) is 21.6 Å². The predicted octanol–water partition coefficient (Wildman–Crippen LogP) is 4.70. The molecule has 3 rings (SSSR count). The first-order valence-electron chi connectivity index (χ1n) is 8.04. The van der Waals surface area contributed by atoms with E-state index in [1.54, 1.807) is 41.9 Å². The molecule has 0 fully saturated rings. The first-order chi connectivity index (χ1) is 12.8. The van der Waals surface area contributed by atoms with E-state index in [2.05, 4.69) is 15.7 Å². The SMILES string of the molecule is CC(=O)Nc1ccc(Cl)cc1NC(=O)c1cnn(-c2cccc(Cl)c2)c1C. The summed E-state index contributed by atoms with van der Waals surface area (Å²) < 4.78 is 1.63. The lowest BCUT2D eigenvalue weighted by molar-refractivity contribution is -0.114. The highest BCUT2D eigenvalue weighted by atomic mass is 35.5. The first-order valence-corrected chi connectivity index (χ1v) is 8.80. The summed E-state index contributed by atoms with van der Waals surface area (Å²) >= 11 is 12.1. The van der Waals surface area contributed by atoms with Crippen molar-refractivity contribution in [1.29, 1.82) is 0 Å². The molecule has 0 saturated carbocycles. The van der Waals surface area contributed by atoms with Crippen LogP contribution >= 0.6 is 23.2 Å². The van der Waals surface area contributed by atoms with Crippen LogP contribution in [0.3, 0.4) is 0 Å². The number of amides is 2. The molecule has 2 N–H and O–H groups in total. The van der Waals surface area contributed by atoms with Gasteiger partial charge in [0.2, 0.25) is 5.91 Å². The average Bonchev–Trinajstić information content (AvgIpc) is 2.98. The molecule has 0 aliphatic heterocycles. The molecule has 2 amide bonds. The molecule has 0 atom stereocenters. The van der Waals surface area contributed by atoms with E-state index in [4.69, 9.17) is 23.2 Å². The number of halogens is 2. The molecule has 6 nitrogen and oxygen atoms in total. The van der Waals surface area contributed by atoms with Crippen molar-refractivity contribution in [3.8, 4) is 5.69 Å². The molecule has 138 valence electrons. The molecule has 8 heteroatoms. The molecule has 27 heavy (non-hydrogen) atoms. The highest BCUT2D eigenvalue weighted by molar-refractivity contribution is 6.31. The first kappa shape index (κ1) is 18.9.